The molecule has 0 radical (unpaired) electrons. The van der Waals surface area contributed by atoms with Gasteiger partial charge in [0.15, 0.2) is 18.1 Å². The second-order valence-corrected chi connectivity index (χ2v) is 5.64. The van der Waals surface area contributed by atoms with Crippen molar-refractivity contribution in [2.45, 2.75) is 6.92 Å². The number of hydrogen-bond donors (Lipinski definition) is 2. The summed E-state index contributed by atoms with van der Waals surface area (Å²) < 4.78 is 11.2. The molecule has 2 rings (SSSR count). The summed E-state index contributed by atoms with van der Waals surface area (Å²) in [7, 11) is 1.38. The molecule has 1 aromatic carbocycles. The number of halogens is 1. The lowest BCUT2D eigenvalue weighted by molar-refractivity contribution is -0.139. The Morgan fingerprint density at radius 2 is 2.00 bits per heavy atom. The van der Waals surface area contributed by atoms with E-state index in [1.807, 2.05) is 0 Å². The molecular weight excluding hydrogens is 384 g/mol. The van der Waals surface area contributed by atoms with Crippen molar-refractivity contribution >= 4 is 39.9 Å². The fraction of sp³-hybridized carbons (Fsp3) is 0.267. The summed E-state index contributed by atoms with van der Waals surface area (Å²) in [5, 5.41) is 11.2. The highest BCUT2D eigenvalue weighted by atomic mass is 79.9. The first kappa shape index (κ1) is 17.8. The minimum absolute atomic E-state index is 0.129. The number of hydrogen-bond acceptors (Lipinski definition) is 5. The maximum absolute atomic E-state index is 11.9. The predicted octanol–water partition coefficient (Wildman–Crippen LogP) is 1.83. The van der Waals surface area contributed by atoms with Crippen LogP contribution in [-0.4, -0.2) is 48.2 Å². The smallest absolute Gasteiger partial charge is 0.341 e. The second kappa shape index (κ2) is 7.35. The Bertz CT molecular complexity index is 731. The number of rotatable bonds is 6. The summed E-state index contributed by atoms with van der Waals surface area (Å²) in [6.45, 7) is 1.61. The van der Waals surface area contributed by atoms with Gasteiger partial charge in [-0.05, 0) is 30.7 Å². The zero-order valence-electron chi connectivity index (χ0n) is 13.0. The van der Waals surface area contributed by atoms with E-state index in [0.29, 0.717) is 22.4 Å². The van der Waals surface area contributed by atoms with Crippen LogP contribution in [0, 0.1) is 0 Å². The standard InChI is InChI=1S/C15H15BrN2O6/c1-3-23-11-5-8(4-10-14(21)18(2)15(22)17-10)9(16)6-12(11)24-7-13(19)20/h4-6H,3,7H2,1-2H3,(H,17,22)(H,19,20)/b10-4+. The number of nitrogens with one attached hydrogen (secondary N) is 1. The van der Waals surface area contributed by atoms with Gasteiger partial charge in [-0.25, -0.2) is 9.59 Å². The summed E-state index contributed by atoms with van der Waals surface area (Å²) in [4.78, 5) is 35.0. The number of carboxylic acids is 1. The van der Waals surface area contributed by atoms with Gasteiger partial charge in [0.05, 0.1) is 6.61 Å². The summed E-state index contributed by atoms with van der Waals surface area (Å²) in [5.74, 6) is -0.968. The monoisotopic (exact) mass is 398 g/mol. The van der Waals surface area contributed by atoms with Gasteiger partial charge in [-0.15, -0.1) is 0 Å². The number of nitrogens with zero attached hydrogens (tertiary/aromatic N) is 1. The molecule has 0 unspecified atom stereocenters. The summed E-state index contributed by atoms with van der Waals surface area (Å²) >= 11 is 3.33. The van der Waals surface area contributed by atoms with E-state index in [1.54, 1.807) is 19.1 Å². The van der Waals surface area contributed by atoms with Gasteiger partial charge in [-0.3, -0.25) is 9.69 Å². The molecule has 0 spiro atoms. The molecule has 1 fully saturated rings. The van der Waals surface area contributed by atoms with Gasteiger partial charge in [0, 0.05) is 11.5 Å². The van der Waals surface area contributed by atoms with Crippen LogP contribution in [0.2, 0.25) is 0 Å². The fourth-order valence-electron chi connectivity index (χ4n) is 1.96. The third kappa shape index (κ3) is 3.85. The molecule has 9 heteroatoms. The minimum Gasteiger partial charge on any atom is -0.490 e. The van der Waals surface area contributed by atoms with Crippen LogP contribution in [-0.2, 0) is 9.59 Å². The van der Waals surface area contributed by atoms with E-state index in [1.165, 1.54) is 13.1 Å². The van der Waals surface area contributed by atoms with Crippen LogP contribution in [0.15, 0.2) is 22.3 Å². The third-order valence-corrected chi connectivity index (χ3v) is 3.78. The number of likely N-dealkylation sites (N-methyl/N-ethyl adjacent to an activating group) is 1. The Morgan fingerprint density at radius 1 is 1.33 bits per heavy atom. The number of urea groups is 1. The average molecular weight is 399 g/mol. The van der Waals surface area contributed by atoms with E-state index in [0.717, 1.165) is 4.90 Å². The van der Waals surface area contributed by atoms with E-state index in [4.69, 9.17) is 14.6 Å². The molecule has 0 saturated carbocycles. The third-order valence-electron chi connectivity index (χ3n) is 3.10. The molecule has 24 heavy (non-hydrogen) atoms. The molecule has 0 atom stereocenters. The number of carbonyl (C=O) groups is 3. The zero-order chi connectivity index (χ0) is 17.9. The Balaban J connectivity index is 2.37. The number of benzene rings is 1. The van der Waals surface area contributed by atoms with Gasteiger partial charge in [-0.1, -0.05) is 15.9 Å². The Hall–Kier alpha value is -2.55. The first-order chi connectivity index (χ1) is 11.3. The predicted molar refractivity (Wildman–Crippen MR) is 87.7 cm³/mol. The number of imide groups is 1. The highest BCUT2D eigenvalue weighted by molar-refractivity contribution is 9.10. The van der Waals surface area contributed by atoms with Crippen LogP contribution in [0.25, 0.3) is 6.08 Å². The number of carboxylic acid groups (broad SMARTS) is 1. The lowest BCUT2D eigenvalue weighted by atomic mass is 10.1. The molecule has 0 aromatic heterocycles. The molecule has 1 saturated heterocycles. The lowest BCUT2D eigenvalue weighted by Gasteiger charge is -2.13. The van der Waals surface area contributed by atoms with Gasteiger partial charge < -0.3 is 19.9 Å². The average Bonchev–Trinajstić information content (AvgIpc) is 2.76. The van der Waals surface area contributed by atoms with E-state index in [-0.39, 0.29) is 11.4 Å². The van der Waals surface area contributed by atoms with Crippen LogP contribution in [0.1, 0.15) is 12.5 Å². The largest absolute Gasteiger partial charge is 0.490 e. The maximum atomic E-state index is 11.9. The molecule has 1 heterocycles. The van der Waals surface area contributed by atoms with Crippen molar-refractivity contribution in [3.63, 3.8) is 0 Å². The summed E-state index contributed by atoms with van der Waals surface area (Å²) in [6, 6.07) is 2.63. The first-order valence-electron chi connectivity index (χ1n) is 6.95. The van der Waals surface area contributed by atoms with E-state index >= 15 is 0 Å². The van der Waals surface area contributed by atoms with Gasteiger partial charge in [0.25, 0.3) is 5.91 Å². The van der Waals surface area contributed by atoms with Crippen molar-refractivity contribution in [1.29, 1.82) is 0 Å². The molecule has 8 nitrogen and oxygen atoms in total. The second-order valence-electron chi connectivity index (χ2n) is 4.79. The van der Waals surface area contributed by atoms with Gasteiger partial charge in [-0.2, -0.15) is 0 Å². The van der Waals surface area contributed by atoms with Crippen molar-refractivity contribution in [2.24, 2.45) is 0 Å². The van der Waals surface area contributed by atoms with Gasteiger partial charge in [0.2, 0.25) is 0 Å². The Morgan fingerprint density at radius 3 is 2.54 bits per heavy atom. The molecule has 1 aromatic rings. The highest BCUT2D eigenvalue weighted by Gasteiger charge is 2.30. The van der Waals surface area contributed by atoms with E-state index in [2.05, 4.69) is 21.2 Å². The molecule has 128 valence electrons. The van der Waals surface area contributed by atoms with Crippen molar-refractivity contribution in [3.8, 4) is 11.5 Å². The van der Waals surface area contributed by atoms with Crippen molar-refractivity contribution in [2.75, 3.05) is 20.3 Å². The van der Waals surface area contributed by atoms with Gasteiger partial charge >= 0.3 is 12.0 Å². The molecule has 2 N–H and O–H groups in total. The SMILES string of the molecule is CCOc1cc(/C=C2/NC(=O)N(C)C2=O)c(Br)cc1OCC(=O)O. The number of amides is 3. The Kier molecular flexibility index (Phi) is 5.45. The zero-order valence-corrected chi connectivity index (χ0v) is 14.5. The Labute approximate surface area is 146 Å². The van der Waals surface area contributed by atoms with Crippen LogP contribution in [0.5, 0.6) is 11.5 Å². The maximum Gasteiger partial charge on any atom is 0.341 e. The molecular formula is C15H15BrN2O6. The van der Waals surface area contributed by atoms with Crippen LogP contribution >= 0.6 is 15.9 Å². The number of ether oxygens (including phenoxy) is 2. The van der Waals surface area contributed by atoms with E-state index < -0.39 is 24.5 Å². The molecule has 1 aliphatic rings. The molecule has 1 aliphatic heterocycles. The number of aliphatic carboxylic acids is 1. The molecule has 0 aliphatic carbocycles. The highest BCUT2D eigenvalue weighted by Crippen LogP contribution is 2.35. The lowest BCUT2D eigenvalue weighted by Crippen LogP contribution is -2.25. The quantitative estimate of drug-likeness (QED) is 0.559. The van der Waals surface area contributed by atoms with Crippen molar-refractivity contribution in [1.82, 2.24) is 10.2 Å². The molecule has 0 bridgehead atoms. The van der Waals surface area contributed by atoms with Crippen molar-refractivity contribution < 1.29 is 29.0 Å². The van der Waals surface area contributed by atoms with Gasteiger partial charge in [0.1, 0.15) is 5.70 Å². The van der Waals surface area contributed by atoms with Crippen LogP contribution in [0.3, 0.4) is 0 Å². The van der Waals surface area contributed by atoms with Crippen LogP contribution < -0.4 is 14.8 Å². The molecule has 3 amide bonds. The fourth-order valence-corrected chi connectivity index (χ4v) is 2.40. The van der Waals surface area contributed by atoms with Crippen molar-refractivity contribution in [3.05, 3.63) is 27.9 Å². The number of carbonyl (C=O) groups excluding carboxylic acids is 2. The normalized spacial score (nSPS) is 15.6. The minimum atomic E-state index is -1.11. The van der Waals surface area contributed by atoms with Crippen LogP contribution in [0.4, 0.5) is 4.79 Å². The topological polar surface area (TPSA) is 105 Å². The summed E-state index contributed by atoms with van der Waals surface area (Å²) in [6.07, 6.45) is 1.50. The van der Waals surface area contributed by atoms with E-state index in [9.17, 15) is 14.4 Å². The summed E-state index contributed by atoms with van der Waals surface area (Å²) in [5.41, 5.74) is 0.699. The first-order valence-corrected chi connectivity index (χ1v) is 7.74.